The van der Waals surface area contributed by atoms with Gasteiger partial charge in [0.05, 0.1) is 6.54 Å². The Morgan fingerprint density at radius 2 is 2.19 bits per heavy atom. The Morgan fingerprint density at radius 3 is 3.04 bits per heavy atom. The van der Waals surface area contributed by atoms with Crippen molar-refractivity contribution < 1.29 is 0 Å². The molecule has 0 unspecified atom stereocenters. The number of pyridine rings is 1. The van der Waals surface area contributed by atoms with E-state index < -0.39 is 0 Å². The lowest BCUT2D eigenvalue weighted by Gasteiger charge is -2.32. The number of nitrogens with zero attached hydrogens (tertiary/aromatic N) is 5. The molecule has 1 aliphatic rings. The van der Waals surface area contributed by atoms with E-state index in [1.54, 1.807) is 12.5 Å². The number of imidazole rings is 1. The number of anilines is 2. The van der Waals surface area contributed by atoms with Crippen LogP contribution in [0.25, 0.3) is 0 Å². The maximum Gasteiger partial charge on any atom is 0.135 e. The SMILES string of the molecule is Cc1cccnc1Nc1cc(C[C@@H]2CCCN(Cc3ncc[nH]3)C2)ncn1. The van der Waals surface area contributed by atoms with E-state index >= 15 is 0 Å². The third kappa shape index (κ3) is 4.68. The minimum atomic E-state index is 0.605. The highest BCUT2D eigenvalue weighted by molar-refractivity contribution is 5.55. The number of aromatic nitrogens is 5. The van der Waals surface area contributed by atoms with E-state index in [4.69, 9.17) is 0 Å². The maximum atomic E-state index is 4.49. The predicted molar refractivity (Wildman–Crippen MR) is 105 cm³/mol. The minimum absolute atomic E-state index is 0.605. The number of nitrogens with one attached hydrogen (secondary N) is 2. The van der Waals surface area contributed by atoms with Gasteiger partial charge in [-0.3, -0.25) is 4.90 Å². The lowest BCUT2D eigenvalue weighted by Crippen LogP contribution is -2.36. The lowest BCUT2D eigenvalue weighted by molar-refractivity contribution is 0.163. The first-order valence-corrected chi connectivity index (χ1v) is 9.46. The summed E-state index contributed by atoms with van der Waals surface area (Å²) in [4.78, 5) is 23.2. The predicted octanol–water partition coefficient (Wildman–Crippen LogP) is 3.10. The molecule has 4 rings (SSSR count). The first kappa shape index (κ1) is 17.6. The summed E-state index contributed by atoms with van der Waals surface area (Å²) in [6.45, 7) is 5.13. The molecule has 1 aliphatic heterocycles. The zero-order valence-electron chi connectivity index (χ0n) is 15.6. The molecule has 7 heteroatoms. The Hall–Kier alpha value is -2.80. The van der Waals surface area contributed by atoms with E-state index in [1.165, 1.54) is 12.8 Å². The average Bonchev–Trinajstić information content (AvgIpc) is 3.17. The van der Waals surface area contributed by atoms with Gasteiger partial charge in [0.1, 0.15) is 23.8 Å². The summed E-state index contributed by atoms with van der Waals surface area (Å²) in [6, 6.07) is 6.01. The summed E-state index contributed by atoms with van der Waals surface area (Å²) in [5, 5.41) is 3.30. The summed E-state index contributed by atoms with van der Waals surface area (Å²) in [6.07, 6.45) is 10.5. The number of piperidine rings is 1. The molecule has 1 saturated heterocycles. The average molecular weight is 363 g/mol. The van der Waals surface area contributed by atoms with Gasteiger partial charge >= 0.3 is 0 Å². The summed E-state index contributed by atoms with van der Waals surface area (Å²) in [7, 11) is 0. The quantitative estimate of drug-likeness (QED) is 0.700. The Labute approximate surface area is 159 Å². The van der Waals surface area contributed by atoms with Crippen LogP contribution in [0.5, 0.6) is 0 Å². The van der Waals surface area contributed by atoms with Crippen molar-refractivity contribution in [2.75, 3.05) is 18.4 Å². The van der Waals surface area contributed by atoms with Gasteiger partial charge in [-0.1, -0.05) is 6.07 Å². The van der Waals surface area contributed by atoms with Gasteiger partial charge in [-0.2, -0.15) is 0 Å². The van der Waals surface area contributed by atoms with Crippen molar-refractivity contribution in [2.45, 2.75) is 32.7 Å². The topological polar surface area (TPSA) is 82.6 Å². The van der Waals surface area contributed by atoms with Crippen LogP contribution in [0.1, 0.15) is 29.9 Å². The fourth-order valence-electron chi connectivity index (χ4n) is 3.67. The van der Waals surface area contributed by atoms with Gasteiger partial charge in [0, 0.05) is 36.9 Å². The highest BCUT2D eigenvalue weighted by atomic mass is 15.2. The van der Waals surface area contributed by atoms with Crippen LogP contribution in [-0.2, 0) is 13.0 Å². The van der Waals surface area contributed by atoms with Crippen LogP contribution in [0.2, 0.25) is 0 Å². The summed E-state index contributed by atoms with van der Waals surface area (Å²) < 4.78 is 0. The fourth-order valence-corrected chi connectivity index (χ4v) is 3.67. The van der Waals surface area contributed by atoms with Crippen molar-refractivity contribution in [3.63, 3.8) is 0 Å². The molecule has 3 aromatic heterocycles. The number of rotatable bonds is 6. The fraction of sp³-hybridized carbons (Fsp3) is 0.400. The van der Waals surface area contributed by atoms with Gasteiger partial charge in [-0.05, 0) is 50.3 Å². The molecule has 1 fully saturated rings. The molecule has 0 aromatic carbocycles. The van der Waals surface area contributed by atoms with Crippen molar-refractivity contribution >= 4 is 11.6 Å². The number of aryl methyl sites for hydroxylation is 1. The smallest absolute Gasteiger partial charge is 0.135 e. The molecule has 2 N–H and O–H groups in total. The molecule has 27 heavy (non-hydrogen) atoms. The van der Waals surface area contributed by atoms with Crippen molar-refractivity contribution in [1.82, 2.24) is 29.8 Å². The van der Waals surface area contributed by atoms with E-state index in [9.17, 15) is 0 Å². The zero-order chi connectivity index (χ0) is 18.5. The second-order valence-corrected chi connectivity index (χ2v) is 7.17. The van der Waals surface area contributed by atoms with Gasteiger partial charge < -0.3 is 10.3 Å². The summed E-state index contributed by atoms with van der Waals surface area (Å²) in [5.74, 6) is 3.28. The molecular weight excluding hydrogens is 338 g/mol. The largest absolute Gasteiger partial charge is 0.348 e. The van der Waals surface area contributed by atoms with Crippen LogP contribution in [0, 0.1) is 12.8 Å². The van der Waals surface area contributed by atoms with Crippen molar-refractivity contribution in [3.8, 4) is 0 Å². The van der Waals surface area contributed by atoms with Crippen LogP contribution in [0.4, 0.5) is 11.6 Å². The third-order valence-electron chi connectivity index (χ3n) is 5.01. The number of hydrogen-bond acceptors (Lipinski definition) is 6. The number of aromatic amines is 1. The molecule has 0 saturated carbocycles. The van der Waals surface area contributed by atoms with Gasteiger partial charge in [0.25, 0.3) is 0 Å². The first-order valence-electron chi connectivity index (χ1n) is 9.46. The highest BCUT2D eigenvalue weighted by Crippen LogP contribution is 2.22. The number of hydrogen-bond donors (Lipinski definition) is 2. The van der Waals surface area contributed by atoms with Crippen LogP contribution in [-0.4, -0.2) is 42.9 Å². The van der Waals surface area contributed by atoms with Crippen molar-refractivity contribution in [3.05, 3.63) is 60.2 Å². The summed E-state index contributed by atoms with van der Waals surface area (Å²) >= 11 is 0. The number of H-pyrrole nitrogens is 1. The Morgan fingerprint density at radius 1 is 1.22 bits per heavy atom. The normalized spacial score (nSPS) is 17.7. The molecule has 4 heterocycles. The van der Waals surface area contributed by atoms with Crippen LogP contribution < -0.4 is 5.32 Å². The Bertz CT molecular complexity index is 862. The second kappa shape index (κ2) is 8.26. The van der Waals surface area contributed by atoms with E-state index in [0.717, 1.165) is 54.8 Å². The molecule has 0 bridgehead atoms. The second-order valence-electron chi connectivity index (χ2n) is 7.17. The molecule has 7 nitrogen and oxygen atoms in total. The Kier molecular flexibility index (Phi) is 5.39. The molecule has 1 atom stereocenters. The molecule has 0 aliphatic carbocycles. The van der Waals surface area contributed by atoms with Gasteiger partial charge in [-0.15, -0.1) is 0 Å². The van der Waals surface area contributed by atoms with Crippen molar-refractivity contribution in [2.24, 2.45) is 5.92 Å². The lowest BCUT2D eigenvalue weighted by atomic mass is 9.93. The number of likely N-dealkylation sites (tertiary alicyclic amines) is 1. The van der Waals surface area contributed by atoms with Gasteiger partial charge in [0.15, 0.2) is 0 Å². The van der Waals surface area contributed by atoms with Crippen LogP contribution in [0.3, 0.4) is 0 Å². The van der Waals surface area contributed by atoms with Gasteiger partial charge in [-0.25, -0.2) is 19.9 Å². The standard InChI is InChI=1S/C20H25N7/c1-15-4-2-6-23-20(15)26-18-11-17(24-14-25-18)10-16-5-3-9-27(12-16)13-19-21-7-8-22-19/h2,4,6-8,11,14,16H,3,5,9-10,12-13H2,1H3,(H,21,22)(H,23,24,25,26)/t16-/m0/s1. The minimum Gasteiger partial charge on any atom is -0.348 e. The van der Waals surface area contributed by atoms with E-state index in [0.29, 0.717) is 5.92 Å². The highest BCUT2D eigenvalue weighted by Gasteiger charge is 2.21. The van der Waals surface area contributed by atoms with E-state index in [2.05, 4.69) is 35.1 Å². The third-order valence-corrected chi connectivity index (χ3v) is 5.01. The maximum absolute atomic E-state index is 4.49. The van der Waals surface area contributed by atoms with Crippen molar-refractivity contribution in [1.29, 1.82) is 0 Å². The molecular formula is C20H25N7. The molecule has 0 radical (unpaired) electrons. The summed E-state index contributed by atoms with van der Waals surface area (Å²) in [5.41, 5.74) is 2.17. The van der Waals surface area contributed by atoms with Crippen LogP contribution >= 0.6 is 0 Å². The molecule has 0 spiro atoms. The van der Waals surface area contributed by atoms with Gasteiger partial charge in [0.2, 0.25) is 0 Å². The van der Waals surface area contributed by atoms with E-state index in [-0.39, 0.29) is 0 Å². The molecule has 140 valence electrons. The monoisotopic (exact) mass is 363 g/mol. The first-order chi connectivity index (χ1) is 13.3. The molecule has 3 aromatic rings. The Balaban J connectivity index is 1.38. The van der Waals surface area contributed by atoms with E-state index in [1.807, 2.05) is 37.5 Å². The van der Waals surface area contributed by atoms with Crippen LogP contribution in [0.15, 0.2) is 43.1 Å². The molecule has 0 amide bonds. The zero-order valence-corrected chi connectivity index (χ0v) is 15.6.